The molecule has 2 N–H and O–H groups in total. The van der Waals surface area contributed by atoms with Crippen LogP contribution in [0.3, 0.4) is 0 Å². The molecular weight excluding hydrogens is 397 g/mol. The summed E-state index contributed by atoms with van der Waals surface area (Å²) in [6, 6.07) is 0. The van der Waals surface area contributed by atoms with E-state index in [9.17, 15) is 9.46 Å². The number of phosphoric ester groups is 1. The lowest BCUT2D eigenvalue weighted by Gasteiger charge is -2.23. The topological polar surface area (TPSA) is 75.2 Å². The average Bonchev–Trinajstić information content (AvgIpc) is 2.67. The molecular formula is C24H52NO4P. The van der Waals surface area contributed by atoms with Gasteiger partial charge in [-0.1, -0.05) is 103 Å². The van der Waals surface area contributed by atoms with Gasteiger partial charge in [0.1, 0.15) is 13.2 Å². The van der Waals surface area contributed by atoms with Gasteiger partial charge < -0.3 is 19.3 Å². The lowest BCUT2D eigenvalue weighted by molar-refractivity contribution is -0.717. The second-order valence-electron chi connectivity index (χ2n) is 9.78. The van der Waals surface area contributed by atoms with E-state index in [1.54, 1.807) is 0 Å². The van der Waals surface area contributed by atoms with Crippen LogP contribution < -0.4 is 10.2 Å². The van der Waals surface area contributed by atoms with E-state index < -0.39 is 7.82 Å². The van der Waals surface area contributed by atoms with Crippen molar-refractivity contribution in [2.45, 2.75) is 136 Å². The first-order chi connectivity index (χ1) is 14.3. The Morgan fingerprint density at radius 3 is 1.43 bits per heavy atom. The van der Waals surface area contributed by atoms with Gasteiger partial charge in [0.2, 0.25) is 0 Å². The SMILES string of the molecule is CCCCCCCCCCCCCCCCCCOP(=O)([O-])OCC[NH2+]C(C)(C)C. The van der Waals surface area contributed by atoms with Gasteiger partial charge in [-0.15, -0.1) is 0 Å². The second kappa shape index (κ2) is 19.7. The molecule has 0 saturated carbocycles. The first-order valence-electron chi connectivity index (χ1n) is 12.7. The predicted octanol–water partition coefficient (Wildman–Crippen LogP) is 6.11. The molecule has 0 amide bonds. The van der Waals surface area contributed by atoms with E-state index >= 15 is 0 Å². The summed E-state index contributed by atoms with van der Waals surface area (Å²) in [5.41, 5.74) is 0.0740. The first kappa shape index (κ1) is 30.1. The number of hydrogen-bond donors (Lipinski definition) is 1. The highest BCUT2D eigenvalue weighted by Gasteiger charge is 2.14. The molecule has 5 nitrogen and oxygen atoms in total. The minimum Gasteiger partial charge on any atom is -0.756 e. The van der Waals surface area contributed by atoms with Gasteiger partial charge in [0.05, 0.1) is 12.1 Å². The maximum atomic E-state index is 11.7. The molecule has 0 rings (SSSR count). The Morgan fingerprint density at radius 1 is 0.667 bits per heavy atom. The number of unbranched alkanes of at least 4 members (excludes halogenated alkanes) is 15. The smallest absolute Gasteiger partial charge is 0.268 e. The highest BCUT2D eigenvalue weighted by atomic mass is 31.2. The zero-order chi connectivity index (χ0) is 22.6. The van der Waals surface area contributed by atoms with Gasteiger partial charge in [-0.25, -0.2) is 0 Å². The molecule has 1 unspecified atom stereocenters. The molecule has 0 bridgehead atoms. The van der Waals surface area contributed by atoms with Crippen molar-refractivity contribution in [2.75, 3.05) is 19.8 Å². The van der Waals surface area contributed by atoms with Gasteiger partial charge >= 0.3 is 0 Å². The maximum absolute atomic E-state index is 11.7. The zero-order valence-corrected chi connectivity index (χ0v) is 21.5. The first-order valence-corrected chi connectivity index (χ1v) is 14.2. The highest BCUT2D eigenvalue weighted by Crippen LogP contribution is 2.37. The molecule has 0 aromatic heterocycles. The van der Waals surface area contributed by atoms with Crippen LogP contribution in [0.2, 0.25) is 0 Å². The number of nitrogens with two attached hydrogens (primary N) is 1. The monoisotopic (exact) mass is 449 g/mol. The molecule has 30 heavy (non-hydrogen) atoms. The molecule has 0 aliphatic carbocycles. The van der Waals surface area contributed by atoms with Crippen LogP contribution in [0.15, 0.2) is 0 Å². The van der Waals surface area contributed by atoms with Crippen molar-refractivity contribution < 1.29 is 23.8 Å². The summed E-state index contributed by atoms with van der Waals surface area (Å²) >= 11 is 0. The van der Waals surface area contributed by atoms with Crippen LogP contribution in [0.25, 0.3) is 0 Å². The second-order valence-corrected chi connectivity index (χ2v) is 11.2. The van der Waals surface area contributed by atoms with Gasteiger partial charge in [0, 0.05) is 0 Å². The summed E-state index contributed by atoms with van der Waals surface area (Å²) in [5.74, 6) is 0. The van der Waals surface area contributed by atoms with Crippen molar-refractivity contribution in [3.8, 4) is 0 Å². The quantitative estimate of drug-likeness (QED) is 0.160. The van der Waals surface area contributed by atoms with E-state index in [4.69, 9.17) is 9.05 Å². The van der Waals surface area contributed by atoms with Crippen molar-refractivity contribution in [1.82, 2.24) is 0 Å². The van der Waals surface area contributed by atoms with Crippen molar-refractivity contribution in [1.29, 1.82) is 0 Å². The summed E-state index contributed by atoms with van der Waals surface area (Å²) in [6.45, 7) is 9.53. The molecule has 0 radical (unpaired) electrons. The Hall–Kier alpha value is 0.0700. The maximum Gasteiger partial charge on any atom is 0.268 e. The molecule has 0 fully saturated rings. The van der Waals surface area contributed by atoms with E-state index in [1.165, 1.54) is 83.5 Å². The van der Waals surface area contributed by atoms with Crippen LogP contribution in [0.1, 0.15) is 130 Å². The summed E-state index contributed by atoms with van der Waals surface area (Å²) in [4.78, 5) is 11.7. The lowest BCUT2D eigenvalue weighted by atomic mass is 10.0. The number of phosphoric acid groups is 1. The molecule has 0 saturated heterocycles. The fourth-order valence-electron chi connectivity index (χ4n) is 3.52. The number of rotatable bonds is 22. The fraction of sp³-hybridized carbons (Fsp3) is 1.00. The van der Waals surface area contributed by atoms with E-state index in [0.29, 0.717) is 6.54 Å². The van der Waals surface area contributed by atoms with Crippen molar-refractivity contribution in [3.05, 3.63) is 0 Å². The van der Waals surface area contributed by atoms with Crippen LogP contribution in [-0.4, -0.2) is 25.3 Å². The molecule has 0 aromatic carbocycles. The largest absolute Gasteiger partial charge is 0.756 e. The van der Waals surface area contributed by atoms with E-state index in [1.807, 2.05) is 0 Å². The van der Waals surface area contributed by atoms with Crippen molar-refractivity contribution in [3.63, 3.8) is 0 Å². The van der Waals surface area contributed by atoms with E-state index in [-0.39, 0.29) is 18.8 Å². The molecule has 182 valence electrons. The van der Waals surface area contributed by atoms with Crippen LogP contribution in [-0.2, 0) is 13.6 Å². The van der Waals surface area contributed by atoms with Crippen molar-refractivity contribution in [2.24, 2.45) is 0 Å². The van der Waals surface area contributed by atoms with Gasteiger partial charge in [-0.3, -0.25) is 4.57 Å². The zero-order valence-electron chi connectivity index (χ0n) is 20.6. The summed E-state index contributed by atoms with van der Waals surface area (Å²) in [5, 5.41) is 2.06. The van der Waals surface area contributed by atoms with Gasteiger partial charge in [0.15, 0.2) is 0 Å². The predicted molar refractivity (Wildman–Crippen MR) is 126 cm³/mol. The third-order valence-electron chi connectivity index (χ3n) is 5.37. The molecule has 0 aliphatic rings. The third-order valence-corrected chi connectivity index (χ3v) is 6.37. The van der Waals surface area contributed by atoms with Crippen LogP contribution >= 0.6 is 7.82 Å². The van der Waals surface area contributed by atoms with Gasteiger partial charge in [-0.2, -0.15) is 0 Å². The fourth-order valence-corrected chi connectivity index (χ4v) is 4.28. The van der Waals surface area contributed by atoms with E-state index in [2.05, 4.69) is 33.0 Å². The molecule has 0 spiro atoms. The Morgan fingerprint density at radius 2 is 1.03 bits per heavy atom. The minimum atomic E-state index is -4.13. The van der Waals surface area contributed by atoms with Crippen LogP contribution in [0.5, 0.6) is 0 Å². The number of hydrogen-bond acceptors (Lipinski definition) is 4. The molecule has 0 aromatic rings. The van der Waals surface area contributed by atoms with Gasteiger partial charge in [-0.05, 0) is 27.2 Å². The standard InChI is InChI=1S/C24H52NO4P/c1-5-6-7-8-9-10-11-12-13-14-15-16-17-18-19-20-22-28-30(26,27)29-23-21-25-24(2,3)4/h25H,5-23H2,1-4H3,(H,26,27). The van der Waals surface area contributed by atoms with Gasteiger partial charge in [0.25, 0.3) is 7.82 Å². The minimum absolute atomic E-state index is 0.0740. The molecule has 6 heteroatoms. The summed E-state index contributed by atoms with van der Waals surface area (Å²) < 4.78 is 21.5. The Bertz CT molecular complexity index is 413. The third kappa shape index (κ3) is 24.3. The molecule has 1 atom stereocenters. The Kier molecular flexibility index (Phi) is 19.8. The molecule has 0 aliphatic heterocycles. The van der Waals surface area contributed by atoms with Crippen LogP contribution in [0.4, 0.5) is 0 Å². The summed E-state index contributed by atoms with van der Waals surface area (Å²) in [7, 11) is -4.13. The lowest BCUT2D eigenvalue weighted by Crippen LogP contribution is -2.95. The number of quaternary nitrogens is 1. The molecule has 0 heterocycles. The summed E-state index contributed by atoms with van der Waals surface area (Å²) in [6.07, 6.45) is 20.8. The normalized spacial score (nSPS) is 14.2. The van der Waals surface area contributed by atoms with E-state index in [0.717, 1.165) is 19.3 Å². The Balaban J connectivity index is 3.29. The van der Waals surface area contributed by atoms with Crippen LogP contribution in [0, 0.1) is 0 Å². The highest BCUT2D eigenvalue weighted by molar-refractivity contribution is 7.45. The average molecular weight is 450 g/mol. The Labute approximate surface area is 187 Å². The van der Waals surface area contributed by atoms with Crippen molar-refractivity contribution >= 4 is 7.82 Å².